The number of carbonyl (C=O) groups is 1. The van der Waals surface area contributed by atoms with Gasteiger partial charge in [-0.1, -0.05) is 30.3 Å². The molecule has 0 bridgehead atoms. The number of halogens is 2. The number of rotatable bonds is 4. The van der Waals surface area contributed by atoms with Crippen LogP contribution in [0.2, 0.25) is 0 Å². The second-order valence-electron chi connectivity index (χ2n) is 4.10. The first-order valence-electron chi connectivity index (χ1n) is 5.74. The van der Waals surface area contributed by atoms with Crippen LogP contribution < -0.4 is 4.74 Å². The van der Waals surface area contributed by atoms with Gasteiger partial charge in [0.2, 0.25) is 0 Å². The topological polar surface area (TPSA) is 26.3 Å². The van der Waals surface area contributed by atoms with Crippen molar-refractivity contribution in [3.63, 3.8) is 0 Å². The van der Waals surface area contributed by atoms with Gasteiger partial charge in [-0.2, -0.15) is 0 Å². The van der Waals surface area contributed by atoms with Crippen molar-refractivity contribution in [2.24, 2.45) is 0 Å². The largest absolute Gasteiger partial charge is 0.485 e. The van der Waals surface area contributed by atoms with Gasteiger partial charge in [0.25, 0.3) is 0 Å². The molecular formula is C15H12BrFO2. The summed E-state index contributed by atoms with van der Waals surface area (Å²) in [6.07, 6.45) is 0. The van der Waals surface area contributed by atoms with Crippen LogP contribution in [0.3, 0.4) is 0 Å². The lowest BCUT2D eigenvalue weighted by Gasteiger charge is -2.10. The lowest BCUT2D eigenvalue weighted by atomic mass is 10.1. The average Bonchev–Trinajstić information content (AvgIpc) is 2.38. The van der Waals surface area contributed by atoms with Gasteiger partial charge < -0.3 is 4.74 Å². The number of carbonyl (C=O) groups excluding carboxylic acids is 1. The van der Waals surface area contributed by atoms with E-state index in [1.807, 2.05) is 30.3 Å². The Balaban J connectivity index is 2.19. The lowest BCUT2D eigenvalue weighted by Crippen LogP contribution is -2.01. The third kappa shape index (κ3) is 3.41. The Hall–Kier alpha value is -1.68. The van der Waals surface area contributed by atoms with E-state index in [2.05, 4.69) is 15.9 Å². The molecule has 0 saturated carbocycles. The molecule has 0 unspecified atom stereocenters. The van der Waals surface area contributed by atoms with Crippen molar-refractivity contribution in [3.05, 3.63) is 63.9 Å². The molecule has 0 saturated heterocycles. The van der Waals surface area contributed by atoms with Crippen LogP contribution in [0.15, 0.2) is 46.9 Å². The van der Waals surface area contributed by atoms with Crippen LogP contribution in [-0.2, 0) is 6.61 Å². The molecule has 0 radical (unpaired) electrons. The van der Waals surface area contributed by atoms with Crippen molar-refractivity contribution in [2.45, 2.75) is 13.5 Å². The van der Waals surface area contributed by atoms with Crippen LogP contribution in [0.5, 0.6) is 5.75 Å². The summed E-state index contributed by atoms with van der Waals surface area (Å²) in [5, 5.41) is 0. The van der Waals surface area contributed by atoms with Crippen molar-refractivity contribution in [2.75, 3.05) is 0 Å². The second kappa shape index (κ2) is 5.97. The van der Waals surface area contributed by atoms with Gasteiger partial charge in [-0.15, -0.1) is 0 Å². The molecule has 0 aliphatic rings. The summed E-state index contributed by atoms with van der Waals surface area (Å²) < 4.78 is 19.8. The highest BCUT2D eigenvalue weighted by Crippen LogP contribution is 2.30. The molecule has 0 heterocycles. The van der Waals surface area contributed by atoms with Crippen LogP contribution in [-0.4, -0.2) is 5.78 Å². The SMILES string of the molecule is CC(=O)c1cc(F)c(OCc2ccccc2)c(Br)c1. The Labute approximate surface area is 119 Å². The zero-order chi connectivity index (χ0) is 13.8. The van der Waals surface area contributed by atoms with Gasteiger partial charge in [0.15, 0.2) is 17.3 Å². The molecule has 0 fully saturated rings. The normalized spacial score (nSPS) is 10.3. The van der Waals surface area contributed by atoms with Crippen molar-refractivity contribution in [3.8, 4) is 5.75 Å². The second-order valence-corrected chi connectivity index (χ2v) is 4.95. The molecule has 2 nitrogen and oxygen atoms in total. The molecule has 0 spiro atoms. The molecule has 4 heteroatoms. The summed E-state index contributed by atoms with van der Waals surface area (Å²) in [6, 6.07) is 12.2. The van der Waals surface area contributed by atoms with Gasteiger partial charge in [0.05, 0.1) is 4.47 Å². The minimum atomic E-state index is -0.546. The first-order chi connectivity index (χ1) is 9.08. The third-order valence-corrected chi connectivity index (χ3v) is 3.22. The van der Waals surface area contributed by atoms with Crippen molar-refractivity contribution >= 4 is 21.7 Å². The van der Waals surface area contributed by atoms with Gasteiger partial charge in [-0.25, -0.2) is 4.39 Å². The first-order valence-corrected chi connectivity index (χ1v) is 6.54. The monoisotopic (exact) mass is 322 g/mol. The Kier molecular flexibility index (Phi) is 4.32. The number of hydrogen-bond donors (Lipinski definition) is 0. The zero-order valence-corrected chi connectivity index (χ0v) is 11.9. The number of Topliss-reactive ketones (excluding diaryl/α,β-unsaturated/α-hetero) is 1. The summed E-state index contributed by atoms with van der Waals surface area (Å²) in [5.74, 6) is -0.612. The van der Waals surface area contributed by atoms with E-state index in [-0.39, 0.29) is 18.1 Å². The molecule has 2 aromatic rings. The summed E-state index contributed by atoms with van der Waals surface area (Å²) >= 11 is 3.22. The van der Waals surface area contributed by atoms with E-state index >= 15 is 0 Å². The summed E-state index contributed by atoms with van der Waals surface area (Å²) in [5.41, 5.74) is 1.26. The van der Waals surface area contributed by atoms with Crippen LogP contribution in [0.4, 0.5) is 4.39 Å². The van der Waals surface area contributed by atoms with Crippen LogP contribution in [0, 0.1) is 5.82 Å². The first kappa shape index (κ1) is 13.7. The molecule has 0 aliphatic heterocycles. The maximum absolute atomic E-state index is 13.9. The average molecular weight is 323 g/mol. The van der Waals surface area contributed by atoms with Crippen LogP contribution in [0.25, 0.3) is 0 Å². The predicted molar refractivity (Wildman–Crippen MR) is 74.9 cm³/mol. The highest BCUT2D eigenvalue weighted by molar-refractivity contribution is 9.10. The molecule has 0 N–H and O–H groups in total. The fourth-order valence-corrected chi connectivity index (χ4v) is 2.18. The molecule has 2 rings (SSSR count). The van der Waals surface area contributed by atoms with E-state index in [1.165, 1.54) is 13.0 Å². The molecule has 19 heavy (non-hydrogen) atoms. The van der Waals surface area contributed by atoms with Gasteiger partial charge in [0.1, 0.15) is 6.61 Å². The molecular weight excluding hydrogens is 311 g/mol. The highest BCUT2D eigenvalue weighted by atomic mass is 79.9. The third-order valence-electron chi connectivity index (χ3n) is 2.63. The van der Waals surface area contributed by atoms with E-state index in [1.54, 1.807) is 6.07 Å². The Morgan fingerprint density at radius 1 is 1.26 bits per heavy atom. The molecule has 0 atom stereocenters. The van der Waals surface area contributed by atoms with Gasteiger partial charge in [0, 0.05) is 5.56 Å². The van der Waals surface area contributed by atoms with E-state index in [4.69, 9.17) is 4.74 Å². The van der Waals surface area contributed by atoms with Crippen molar-refractivity contribution in [1.29, 1.82) is 0 Å². The van der Waals surface area contributed by atoms with Gasteiger partial charge >= 0.3 is 0 Å². The minimum absolute atomic E-state index is 0.119. The molecule has 0 aliphatic carbocycles. The number of ether oxygens (including phenoxy) is 1. The lowest BCUT2D eigenvalue weighted by molar-refractivity contribution is 0.101. The Morgan fingerprint density at radius 3 is 2.53 bits per heavy atom. The summed E-state index contributed by atoms with van der Waals surface area (Å²) in [7, 11) is 0. The maximum atomic E-state index is 13.9. The smallest absolute Gasteiger partial charge is 0.169 e. The van der Waals surface area contributed by atoms with E-state index in [0.29, 0.717) is 10.0 Å². The van der Waals surface area contributed by atoms with E-state index in [0.717, 1.165) is 5.56 Å². The maximum Gasteiger partial charge on any atom is 0.169 e. The summed E-state index contributed by atoms with van der Waals surface area (Å²) in [6.45, 7) is 1.67. The highest BCUT2D eigenvalue weighted by Gasteiger charge is 2.13. The fraction of sp³-hybridized carbons (Fsp3) is 0.133. The minimum Gasteiger partial charge on any atom is -0.485 e. The number of hydrogen-bond acceptors (Lipinski definition) is 2. The van der Waals surface area contributed by atoms with Crippen molar-refractivity contribution in [1.82, 2.24) is 0 Å². The van der Waals surface area contributed by atoms with Gasteiger partial charge in [-0.05, 0) is 40.5 Å². The van der Waals surface area contributed by atoms with Crippen LogP contribution in [0.1, 0.15) is 22.8 Å². The Bertz CT molecular complexity index is 573. The molecule has 98 valence electrons. The van der Waals surface area contributed by atoms with Crippen LogP contribution >= 0.6 is 15.9 Å². The standard InChI is InChI=1S/C15H12BrFO2/c1-10(18)12-7-13(16)15(14(17)8-12)19-9-11-5-3-2-4-6-11/h2-8H,9H2,1H3. The molecule has 0 amide bonds. The molecule has 0 aromatic heterocycles. The quantitative estimate of drug-likeness (QED) is 0.781. The fourth-order valence-electron chi connectivity index (χ4n) is 1.63. The van der Waals surface area contributed by atoms with Crippen molar-refractivity contribution < 1.29 is 13.9 Å². The molecule has 2 aromatic carbocycles. The summed E-state index contributed by atoms with van der Waals surface area (Å²) in [4.78, 5) is 11.2. The number of benzene rings is 2. The van der Waals surface area contributed by atoms with E-state index in [9.17, 15) is 9.18 Å². The predicted octanol–water partition coefficient (Wildman–Crippen LogP) is 4.37. The van der Waals surface area contributed by atoms with Gasteiger partial charge in [-0.3, -0.25) is 4.79 Å². The zero-order valence-electron chi connectivity index (χ0n) is 10.3. The van der Waals surface area contributed by atoms with E-state index < -0.39 is 5.82 Å². The number of ketones is 1. The Morgan fingerprint density at radius 2 is 1.95 bits per heavy atom.